The Labute approximate surface area is 113 Å². The van der Waals surface area contributed by atoms with Crippen molar-refractivity contribution in [3.8, 4) is 22.0 Å². The van der Waals surface area contributed by atoms with Gasteiger partial charge in [-0.2, -0.15) is 5.10 Å². The number of thiophene rings is 1. The fourth-order valence-electron chi connectivity index (χ4n) is 1.70. The number of aromatic amines is 1. The summed E-state index contributed by atoms with van der Waals surface area (Å²) in [6, 6.07) is 5.87. The van der Waals surface area contributed by atoms with Crippen molar-refractivity contribution in [2.24, 2.45) is 7.05 Å². The highest BCUT2D eigenvalue weighted by atomic mass is 32.1. The lowest BCUT2D eigenvalue weighted by atomic mass is 10.2. The van der Waals surface area contributed by atoms with E-state index in [9.17, 15) is 0 Å². The van der Waals surface area contributed by atoms with E-state index in [0.29, 0.717) is 4.64 Å². The summed E-state index contributed by atoms with van der Waals surface area (Å²) in [4.78, 5) is 8.72. The van der Waals surface area contributed by atoms with Crippen molar-refractivity contribution >= 4 is 23.6 Å². The molecule has 0 spiro atoms. The first kappa shape index (κ1) is 11.3. The Morgan fingerprint density at radius 2 is 2.33 bits per heavy atom. The van der Waals surface area contributed by atoms with Gasteiger partial charge in [0.2, 0.25) is 0 Å². The van der Waals surface area contributed by atoms with Crippen LogP contribution in [-0.2, 0) is 7.05 Å². The lowest BCUT2D eigenvalue weighted by Crippen LogP contribution is -1.90. The van der Waals surface area contributed by atoms with Crippen molar-refractivity contribution in [2.45, 2.75) is 0 Å². The summed E-state index contributed by atoms with van der Waals surface area (Å²) < 4.78 is 2.34. The van der Waals surface area contributed by atoms with Gasteiger partial charge in [-0.25, -0.2) is 4.98 Å². The normalized spacial score (nSPS) is 10.7. The molecule has 3 aromatic heterocycles. The van der Waals surface area contributed by atoms with Crippen LogP contribution in [0.3, 0.4) is 0 Å². The maximum absolute atomic E-state index is 5.21. The number of H-pyrrole nitrogens is 1. The summed E-state index contributed by atoms with van der Waals surface area (Å²) >= 11 is 6.85. The van der Waals surface area contributed by atoms with Gasteiger partial charge < -0.3 is 4.98 Å². The van der Waals surface area contributed by atoms with Crippen molar-refractivity contribution in [2.75, 3.05) is 0 Å². The Morgan fingerprint density at radius 1 is 1.44 bits per heavy atom. The smallest absolute Gasteiger partial charge is 0.149 e. The van der Waals surface area contributed by atoms with Crippen molar-refractivity contribution in [1.29, 1.82) is 0 Å². The predicted molar refractivity (Wildman–Crippen MR) is 74.9 cm³/mol. The molecule has 90 valence electrons. The lowest BCUT2D eigenvalue weighted by Gasteiger charge is -2.02. The van der Waals surface area contributed by atoms with Crippen LogP contribution in [0.2, 0.25) is 0 Å². The van der Waals surface area contributed by atoms with Crippen LogP contribution < -0.4 is 0 Å². The molecule has 0 aliphatic rings. The molecule has 0 aromatic carbocycles. The van der Waals surface area contributed by atoms with Crippen LogP contribution in [0, 0.1) is 4.64 Å². The molecule has 0 amide bonds. The Balaban J connectivity index is 2.15. The second-order valence-electron chi connectivity index (χ2n) is 3.86. The van der Waals surface area contributed by atoms with Crippen molar-refractivity contribution < 1.29 is 0 Å². The SMILES string of the molecule is Cn1cc(-c2cc(=S)nc(-c3cccs3)[nH]2)cn1. The zero-order valence-corrected chi connectivity index (χ0v) is 11.3. The number of aryl methyl sites for hydroxylation is 1. The van der Waals surface area contributed by atoms with Crippen LogP contribution >= 0.6 is 23.6 Å². The zero-order valence-electron chi connectivity index (χ0n) is 9.62. The summed E-state index contributed by atoms with van der Waals surface area (Å²) in [6.45, 7) is 0. The Bertz CT molecular complexity index is 725. The van der Waals surface area contributed by atoms with Crippen LogP contribution in [0.5, 0.6) is 0 Å². The molecule has 3 heterocycles. The third kappa shape index (κ3) is 2.12. The topological polar surface area (TPSA) is 46.5 Å². The fourth-order valence-corrected chi connectivity index (χ4v) is 2.58. The molecule has 0 atom stereocenters. The van der Waals surface area contributed by atoms with Crippen LogP contribution in [0.25, 0.3) is 22.0 Å². The second kappa shape index (κ2) is 4.47. The number of nitrogens with zero attached hydrogens (tertiary/aromatic N) is 3. The van der Waals surface area contributed by atoms with E-state index in [1.54, 1.807) is 22.2 Å². The number of hydrogen-bond donors (Lipinski definition) is 1. The van der Waals surface area contributed by atoms with Crippen molar-refractivity contribution in [1.82, 2.24) is 19.7 Å². The first-order chi connectivity index (χ1) is 8.72. The predicted octanol–water partition coefficient (Wildman–Crippen LogP) is 3.27. The lowest BCUT2D eigenvalue weighted by molar-refractivity contribution is 0.768. The van der Waals surface area contributed by atoms with Gasteiger partial charge in [0.25, 0.3) is 0 Å². The highest BCUT2D eigenvalue weighted by Crippen LogP contribution is 2.24. The van der Waals surface area contributed by atoms with E-state index in [-0.39, 0.29) is 0 Å². The van der Waals surface area contributed by atoms with Gasteiger partial charge in [0.15, 0.2) is 0 Å². The average molecular weight is 274 g/mol. The van der Waals surface area contributed by atoms with Gasteiger partial charge in [-0.3, -0.25) is 4.68 Å². The summed E-state index contributed by atoms with van der Waals surface area (Å²) in [6.07, 6.45) is 3.75. The summed E-state index contributed by atoms with van der Waals surface area (Å²) in [5.41, 5.74) is 1.94. The van der Waals surface area contributed by atoms with Crippen LogP contribution in [0.1, 0.15) is 0 Å². The molecular formula is C12H10N4S2. The van der Waals surface area contributed by atoms with Gasteiger partial charge in [-0.1, -0.05) is 18.3 Å². The Morgan fingerprint density at radius 3 is 3.00 bits per heavy atom. The largest absolute Gasteiger partial charge is 0.338 e. The van der Waals surface area contributed by atoms with Gasteiger partial charge >= 0.3 is 0 Å². The molecule has 6 heteroatoms. The van der Waals surface area contributed by atoms with Gasteiger partial charge in [0.1, 0.15) is 10.5 Å². The molecule has 3 aromatic rings. The van der Waals surface area contributed by atoms with Crippen LogP contribution in [0.4, 0.5) is 0 Å². The number of aromatic nitrogens is 4. The maximum Gasteiger partial charge on any atom is 0.149 e. The van der Waals surface area contributed by atoms with E-state index in [2.05, 4.69) is 15.1 Å². The Hall–Kier alpha value is -1.79. The quantitative estimate of drug-likeness (QED) is 0.730. The molecular weight excluding hydrogens is 264 g/mol. The van der Waals surface area contributed by atoms with E-state index >= 15 is 0 Å². The third-order valence-electron chi connectivity index (χ3n) is 2.51. The second-order valence-corrected chi connectivity index (χ2v) is 5.23. The van der Waals surface area contributed by atoms with Gasteiger partial charge in [-0.15, -0.1) is 11.3 Å². The molecule has 0 saturated heterocycles. The minimum Gasteiger partial charge on any atom is -0.338 e. The van der Waals surface area contributed by atoms with E-state index in [1.807, 2.05) is 36.8 Å². The van der Waals surface area contributed by atoms with Crippen LogP contribution in [0.15, 0.2) is 36.0 Å². The minimum absolute atomic E-state index is 0.580. The molecule has 3 rings (SSSR count). The highest BCUT2D eigenvalue weighted by molar-refractivity contribution is 7.71. The van der Waals surface area contributed by atoms with E-state index in [4.69, 9.17) is 12.2 Å². The summed E-state index contributed by atoms with van der Waals surface area (Å²) in [5.74, 6) is 0.802. The molecule has 0 unspecified atom stereocenters. The molecule has 4 nitrogen and oxygen atoms in total. The average Bonchev–Trinajstić information content (AvgIpc) is 2.98. The number of nitrogens with one attached hydrogen (secondary N) is 1. The van der Waals surface area contributed by atoms with Crippen molar-refractivity contribution in [3.05, 3.63) is 40.6 Å². The molecule has 0 radical (unpaired) electrons. The van der Waals surface area contributed by atoms with Gasteiger partial charge in [-0.05, 0) is 17.5 Å². The monoisotopic (exact) mass is 274 g/mol. The molecule has 18 heavy (non-hydrogen) atoms. The molecule has 0 fully saturated rings. The third-order valence-corrected chi connectivity index (χ3v) is 3.60. The molecule has 0 aliphatic carbocycles. The standard InChI is InChI=1S/C12H10N4S2/c1-16-7-8(6-13-16)9-5-11(17)15-12(14-9)10-3-2-4-18-10/h2-7H,1H3,(H,14,15,17). The summed E-state index contributed by atoms with van der Waals surface area (Å²) in [7, 11) is 1.89. The van der Waals surface area contributed by atoms with Gasteiger partial charge in [0.05, 0.1) is 16.8 Å². The van der Waals surface area contributed by atoms with E-state index < -0.39 is 0 Å². The van der Waals surface area contributed by atoms with Crippen molar-refractivity contribution in [3.63, 3.8) is 0 Å². The summed E-state index contributed by atoms with van der Waals surface area (Å²) in [5, 5.41) is 6.18. The van der Waals surface area contributed by atoms with Crippen LogP contribution in [-0.4, -0.2) is 19.7 Å². The number of rotatable bonds is 2. The fraction of sp³-hybridized carbons (Fsp3) is 0.0833. The first-order valence-electron chi connectivity index (χ1n) is 5.36. The first-order valence-corrected chi connectivity index (χ1v) is 6.65. The van der Waals surface area contributed by atoms with E-state index in [1.165, 1.54) is 0 Å². The molecule has 0 aliphatic heterocycles. The zero-order chi connectivity index (χ0) is 12.5. The van der Waals surface area contributed by atoms with E-state index in [0.717, 1.165) is 22.0 Å². The maximum atomic E-state index is 5.21. The molecule has 0 bridgehead atoms. The Kier molecular flexibility index (Phi) is 2.81. The molecule has 0 saturated carbocycles. The highest BCUT2D eigenvalue weighted by Gasteiger charge is 2.06. The number of hydrogen-bond acceptors (Lipinski definition) is 4. The van der Waals surface area contributed by atoms with Gasteiger partial charge in [0, 0.05) is 18.8 Å². The molecule has 1 N–H and O–H groups in total. The minimum atomic E-state index is 0.580.